The molecule has 0 heterocycles. The number of benzene rings is 2. The van der Waals surface area contributed by atoms with E-state index in [0.717, 1.165) is 21.3 Å². The maximum absolute atomic E-state index is 13.0. The molecule has 4 heteroatoms. The summed E-state index contributed by atoms with van der Waals surface area (Å²) in [5, 5.41) is 3.51. The molecule has 2 rings (SSSR count). The molecular weight excluding hydrogens is 333 g/mol. The molecule has 0 spiro atoms. The van der Waals surface area contributed by atoms with Gasteiger partial charge in [0.15, 0.2) is 0 Å². The van der Waals surface area contributed by atoms with E-state index in [9.17, 15) is 4.39 Å². The van der Waals surface area contributed by atoms with Crippen molar-refractivity contribution >= 4 is 15.9 Å². The predicted octanol–water partition coefficient (Wildman–Crippen LogP) is 5.01. The Hall–Kier alpha value is -1.39. The van der Waals surface area contributed by atoms with Crippen LogP contribution < -0.4 is 10.1 Å². The van der Waals surface area contributed by atoms with Crippen molar-refractivity contribution in [3.8, 4) is 5.75 Å². The zero-order valence-corrected chi connectivity index (χ0v) is 13.9. The Bertz CT molecular complexity index is 600. The molecule has 0 saturated carbocycles. The van der Waals surface area contributed by atoms with Gasteiger partial charge >= 0.3 is 0 Å². The molecule has 0 aromatic heterocycles. The van der Waals surface area contributed by atoms with Gasteiger partial charge in [-0.15, -0.1) is 0 Å². The van der Waals surface area contributed by atoms with Crippen molar-refractivity contribution in [2.24, 2.45) is 0 Å². The van der Waals surface area contributed by atoms with Crippen molar-refractivity contribution in [1.29, 1.82) is 0 Å². The van der Waals surface area contributed by atoms with Crippen LogP contribution in [0.3, 0.4) is 0 Å². The quantitative estimate of drug-likeness (QED) is 0.817. The van der Waals surface area contributed by atoms with Gasteiger partial charge in [-0.25, -0.2) is 4.39 Å². The van der Waals surface area contributed by atoms with Crippen LogP contribution >= 0.6 is 15.9 Å². The lowest BCUT2D eigenvalue weighted by Gasteiger charge is -2.21. The summed E-state index contributed by atoms with van der Waals surface area (Å²) in [7, 11) is 1.65. The molecule has 112 valence electrons. The highest BCUT2D eigenvalue weighted by Gasteiger charge is 2.12. The predicted molar refractivity (Wildman–Crippen MR) is 87.1 cm³/mol. The normalized spacial score (nSPS) is 13.8. The summed E-state index contributed by atoms with van der Waals surface area (Å²) < 4.78 is 19.1. The molecule has 0 aliphatic carbocycles. The van der Waals surface area contributed by atoms with E-state index >= 15 is 0 Å². The fraction of sp³-hybridized carbons (Fsp3) is 0.294. The second kappa shape index (κ2) is 7.05. The Morgan fingerprint density at radius 3 is 2.14 bits per heavy atom. The fourth-order valence-electron chi connectivity index (χ4n) is 2.27. The Labute approximate surface area is 133 Å². The first-order valence-corrected chi connectivity index (χ1v) is 7.65. The van der Waals surface area contributed by atoms with Gasteiger partial charge in [-0.3, -0.25) is 0 Å². The first-order valence-electron chi connectivity index (χ1n) is 6.86. The van der Waals surface area contributed by atoms with E-state index in [0.29, 0.717) is 0 Å². The second-order valence-corrected chi connectivity index (χ2v) is 5.91. The minimum Gasteiger partial charge on any atom is -0.496 e. The highest BCUT2D eigenvalue weighted by Crippen LogP contribution is 2.29. The van der Waals surface area contributed by atoms with Crippen LogP contribution in [0, 0.1) is 5.82 Å². The van der Waals surface area contributed by atoms with Crippen LogP contribution in [0.5, 0.6) is 5.75 Å². The molecule has 2 atom stereocenters. The lowest BCUT2D eigenvalue weighted by Crippen LogP contribution is -2.22. The second-order valence-electron chi connectivity index (χ2n) is 5.06. The van der Waals surface area contributed by atoms with Crippen LogP contribution in [0.4, 0.5) is 4.39 Å². The van der Waals surface area contributed by atoms with Gasteiger partial charge in [0.25, 0.3) is 0 Å². The maximum Gasteiger partial charge on any atom is 0.133 e. The molecule has 1 N–H and O–H groups in total. The van der Waals surface area contributed by atoms with E-state index < -0.39 is 0 Å². The molecule has 2 aromatic rings. The average molecular weight is 352 g/mol. The summed E-state index contributed by atoms with van der Waals surface area (Å²) in [5.41, 5.74) is 2.23. The summed E-state index contributed by atoms with van der Waals surface area (Å²) in [5.74, 6) is 0.607. The Balaban J connectivity index is 2.08. The average Bonchev–Trinajstić information content (AvgIpc) is 2.47. The van der Waals surface area contributed by atoms with Crippen LogP contribution in [0.2, 0.25) is 0 Å². The number of ether oxygens (including phenoxy) is 1. The minimum atomic E-state index is -0.210. The third-order valence-electron chi connectivity index (χ3n) is 3.55. The summed E-state index contributed by atoms with van der Waals surface area (Å²) in [6, 6.07) is 12.9. The Morgan fingerprint density at radius 2 is 1.57 bits per heavy atom. The van der Waals surface area contributed by atoms with E-state index in [1.807, 2.05) is 30.3 Å². The van der Waals surface area contributed by atoms with Gasteiger partial charge in [0.2, 0.25) is 0 Å². The van der Waals surface area contributed by atoms with E-state index in [-0.39, 0.29) is 17.9 Å². The highest BCUT2D eigenvalue weighted by molar-refractivity contribution is 9.10. The van der Waals surface area contributed by atoms with E-state index in [2.05, 4.69) is 35.1 Å². The molecule has 0 bridgehead atoms. The van der Waals surface area contributed by atoms with Crippen LogP contribution in [-0.2, 0) is 0 Å². The Kier molecular flexibility index (Phi) is 5.37. The van der Waals surface area contributed by atoms with Crippen molar-refractivity contribution < 1.29 is 9.13 Å². The molecule has 0 aliphatic heterocycles. The Morgan fingerprint density at radius 1 is 1.00 bits per heavy atom. The van der Waals surface area contributed by atoms with Crippen molar-refractivity contribution in [2.45, 2.75) is 25.9 Å². The van der Waals surface area contributed by atoms with Crippen molar-refractivity contribution in [3.63, 3.8) is 0 Å². The SMILES string of the molecule is COc1ccc(C(C)NC(C)c2ccc(F)cc2)cc1Br. The number of rotatable bonds is 5. The molecular formula is C17H19BrFNO. The van der Waals surface area contributed by atoms with Gasteiger partial charge in [0.05, 0.1) is 11.6 Å². The van der Waals surface area contributed by atoms with Gasteiger partial charge in [-0.05, 0) is 65.2 Å². The minimum absolute atomic E-state index is 0.140. The van der Waals surface area contributed by atoms with E-state index in [4.69, 9.17) is 4.74 Å². The van der Waals surface area contributed by atoms with Crippen LogP contribution in [0.25, 0.3) is 0 Å². The van der Waals surface area contributed by atoms with Crippen LogP contribution in [-0.4, -0.2) is 7.11 Å². The molecule has 2 nitrogen and oxygen atoms in total. The number of methoxy groups -OCH3 is 1. The van der Waals surface area contributed by atoms with Crippen molar-refractivity contribution in [3.05, 3.63) is 63.9 Å². The summed E-state index contributed by atoms with van der Waals surface area (Å²) in [6.07, 6.45) is 0. The number of nitrogens with one attached hydrogen (secondary N) is 1. The van der Waals surface area contributed by atoms with Crippen LogP contribution in [0.15, 0.2) is 46.9 Å². The highest BCUT2D eigenvalue weighted by atomic mass is 79.9. The topological polar surface area (TPSA) is 21.3 Å². The summed E-state index contributed by atoms with van der Waals surface area (Å²) >= 11 is 3.50. The molecule has 0 radical (unpaired) electrons. The van der Waals surface area contributed by atoms with Gasteiger partial charge in [-0.1, -0.05) is 18.2 Å². The lowest BCUT2D eigenvalue weighted by atomic mass is 10.0. The lowest BCUT2D eigenvalue weighted by molar-refractivity contribution is 0.411. The van der Waals surface area contributed by atoms with Gasteiger partial charge in [0, 0.05) is 12.1 Å². The molecule has 0 fully saturated rings. The third-order valence-corrected chi connectivity index (χ3v) is 4.17. The molecule has 0 saturated heterocycles. The fourth-order valence-corrected chi connectivity index (χ4v) is 2.83. The zero-order chi connectivity index (χ0) is 15.4. The number of halogens is 2. The van der Waals surface area contributed by atoms with E-state index in [1.165, 1.54) is 12.1 Å². The van der Waals surface area contributed by atoms with E-state index in [1.54, 1.807) is 7.11 Å². The smallest absolute Gasteiger partial charge is 0.133 e. The summed E-state index contributed by atoms with van der Waals surface area (Å²) in [6.45, 7) is 4.18. The summed E-state index contributed by atoms with van der Waals surface area (Å²) in [4.78, 5) is 0. The van der Waals surface area contributed by atoms with Gasteiger partial charge < -0.3 is 10.1 Å². The van der Waals surface area contributed by atoms with Gasteiger partial charge in [-0.2, -0.15) is 0 Å². The zero-order valence-electron chi connectivity index (χ0n) is 12.4. The number of hydrogen-bond donors (Lipinski definition) is 1. The van der Waals surface area contributed by atoms with Crippen molar-refractivity contribution in [1.82, 2.24) is 5.32 Å². The number of hydrogen-bond acceptors (Lipinski definition) is 2. The first-order chi connectivity index (χ1) is 10.0. The molecule has 2 aromatic carbocycles. The maximum atomic E-state index is 13.0. The first kappa shape index (κ1) is 16.0. The molecule has 21 heavy (non-hydrogen) atoms. The largest absolute Gasteiger partial charge is 0.496 e. The molecule has 2 unspecified atom stereocenters. The van der Waals surface area contributed by atoms with Crippen LogP contribution in [0.1, 0.15) is 37.1 Å². The molecule has 0 amide bonds. The molecule has 0 aliphatic rings. The standard InChI is InChI=1S/C17H19BrFNO/c1-11(13-4-7-15(19)8-5-13)20-12(2)14-6-9-17(21-3)16(18)10-14/h4-12,20H,1-3H3. The monoisotopic (exact) mass is 351 g/mol. The third kappa shape index (κ3) is 4.05. The van der Waals surface area contributed by atoms with Gasteiger partial charge in [0.1, 0.15) is 11.6 Å². The van der Waals surface area contributed by atoms with Crippen molar-refractivity contribution in [2.75, 3.05) is 7.11 Å².